The Balaban J connectivity index is 2.55. The summed E-state index contributed by atoms with van der Waals surface area (Å²) >= 11 is 1.04. The predicted octanol–water partition coefficient (Wildman–Crippen LogP) is 0.672. The van der Waals surface area contributed by atoms with Crippen LogP contribution in [0.3, 0.4) is 0 Å². The molecule has 0 radical (unpaired) electrons. The number of aryl methyl sites for hydroxylation is 1. The van der Waals surface area contributed by atoms with E-state index in [1.165, 1.54) is 4.90 Å². The molecule has 0 fully saturated rings. The molecule has 106 valence electrons. The van der Waals surface area contributed by atoms with E-state index in [1.54, 1.807) is 20.9 Å². The number of thiazole rings is 1. The molecule has 2 amide bonds. The number of hydrogen-bond donors (Lipinski definition) is 3. The first-order valence-electron chi connectivity index (χ1n) is 5.68. The summed E-state index contributed by atoms with van der Waals surface area (Å²) in [7, 11) is 1.57. The fourth-order valence-electron chi connectivity index (χ4n) is 1.49. The molecule has 0 bridgehead atoms. The van der Waals surface area contributed by atoms with Crippen LogP contribution in [0.5, 0.6) is 0 Å². The van der Waals surface area contributed by atoms with E-state index in [0.29, 0.717) is 10.7 Å². The highest BCUT2D eigenvalue weighted by molar-refractivity contribution is 7.13. The average Bonchev–Trinajstić information content (AvgIpc) is 2.66. The van der Waals surface area contributed by atoms with Crippen LogP contribution in [0.25, 0.3) is 0 Å². The number of carbonyl (C=O) groups excluding carboxylic acids is 1. The summed E-state index contributed by atoms with van der Waals surface area (Å²) in [6, 6.07) is -0.342. The van der Waals surface area contributed by atoms with Crippen molar-refractivity contribution in [1.82, 2.24) is 15.2 Å². The number of rotatable bonds is 5. The van der Waals surface area contributed by atoms with E-state index in [-0.39, 0.29) is 24.0 Å². The zero-order valence-corrected chi connectivity index (χ0v) is 11.8. The molecule has 0 saturated heterocycles. The van der Waals surface area contributed by atoms with E-state index in [2.05, 4.69) is 10.3 Å². The third-order valence-corrected chi connectivity index (χ3v) is 3.46. The van der Waals surface area contributed by atoms with Crippen LogP contribution >= 0.6 is 11.3 Å². The predicted molar refractivity (Wildman–Crippen MR) is 70.4 cm³/mol. The molecule has 19 heavy (non-hydrogen) atoms. The largest absolute Gasteiger partial charge is 0.477 e. The van der Waals surface area contributed by atoms with Gasteiger partial charge in [-0.05, 0) is 13.8 Å². The third-order valence-electron chi connectivity index (χ3n) is 2.31. The van der Waals surface area contributed by atoms with Crippen molar-refractivity contribution in [1.29, 1.82) is 0 Å². The van der Waals surface area contributed by atoms with Gasteiger partial charge < -0.3 is 20.4 Å². The number of nitrogens with one attached hydrogen (secondary N) is 1. The van der Waals surface area contributed by atoms with Crippen LogP contribution in [0.15, 0.2) is 0 Å². The minimum absolute atomic E-state index is 0.168. The highest BCUT2D eigenvalue weighted by atomic mass is 32.1. The van der Waals surface area contributed by atoms with Crippen molar-refractivity contribution in [3.8, 4) is 0 Å². The van der Waals surface area contributed by atoms with Gasteiger partial charge in [-0.1, -0.05) is 0 Å². The maximum Gasteiger partial charge on any atom is 0.347 e. The zero-order valence-electron chi connectivity index (χ0n) is 11.0. The first-order valence-corrected chi connectivity index (χ1v) is 6.49. The van der Waals surface area contributed by atoms with Gasteiger partial charge in [-0.3, -0.25) is 0 Å². The SMILES string of the molecule is Cc1nc(CNC(=O)N(C)CC(C)O)sc1C(=O)O. The molecule has 0 aromatic carbocycles. The second-order valence-corrected chi connectivity index (χ2v) is 5.30. The van der Waals surface area contributed by atoms with E-state index in [1.807, 2.05) is 0 Å². The van der Waals surface area contributed by atoms with Gasteiger partial charge in [0.15, 0.2) is 0 Å². The van der Waals surface area contributed by atoms with E-state index >= 15 is 0 Å². The number of carboxylic acids is 1. The van der Waals surface area contributed by atoms with Gasteiger partial charge in [0.25, 0.3) is 0 Å². The number of aromatic nitrogens is 1. The van der Waals surface area contributed by atoms with Crippen molar-refractivity contribution in [2.75, 3.05) is 13.6 Å². The molecular formula is C11H17N3O4S. The van der Waals surface area contributed by atoms with Crippen molar-refractivity contribution in [3.05, 3.63) is 15.6 Å². The number of carboxylic acid groups (broad SMARTS) is 1. The quantitative estimate of drug-likeness (QED) is 0.738. The number of nitrogens with zero attached hydrogens (tertiary/aromatic N) is 2. The Labute approximate surface area is 114 Å². The molecule has 0 saturated carbocycles. The minimum atomic E-state index is -1.02. The Morgan fingerprint density at radius 2 is 2.16 bits per heavy atom. The van der Waals surface area contributed by atoms with Gasteiger partial charge in [0.2, 0.25) is 0 Å². The van der Waals surface area contributed by atoms with E-state index in [9.17, 15) is 9.59 Å². The summed E-state index contributed by atoms with van der Waals surface area (Å²) in [5.74, 6) is -1.02. The molecule has 0 aliphatic carbocycles. The fourth-order valence-corrected chi connectivity index (χ4v) is 2.33. The monoisotopic (exact) mass is 287 g/mol. The highest BCUT2D eigenvalue weighted by Crippen LogP contribution is 2.17. The van der Waals surface area contributed by atoms with Gasteiger partial charge in [-0.25, -0.2) is 14.6 Å². The molecule has 3 N–H and O–H groups in total. The van der Waals surface area contributed by atoms with Gasteiger partial charge in [0.05, 0.1) is 18.3 Å². The second kappa shape index (κ2) is 6.48. The molecule has 1 rings (SSSR count). The lowest BCUT2D eigenvalue weighted by molar-refractivity contribution is 0.0701. The number of aliphatic hydroxyl groups is 1. The molecule has 1 atom stereocenters. The Hall–Kier alpha value is -1.67. The Kier molecular flexibility index (Phi) is 5.25. The first kappa shape index (κ1) is 15.4. The Bertz CT molecular complexity index is 473. The number of amides is 2. The third kappa shape index (κ3) is 4.49. The van der Waals surface area contributed by atoms with Crippen LogP contribution in [0.2, 0.25) is 0 Å². The highest BCUT2D eigenvalue weighted by Gasteiger charge is 2.15. The normalized spacial score (nSPS) is 12.0. The molecule has 1 aromatic heterocycles. The average molecular weight is 287 g/mol. The van der Waals surface area contributed by atoms with Crippen LogP contribution in [0, 0.1) is 6.92 Å². The minimum Gasteiger partial charge on any atom is -0.477 e. The maximum absolute atomic E-state index is 11.6. The van der Waals surface area contributed by atoms with Gasteiger partial charge in [-0.15, -0.1) is 11.3 Å². The van der Waals surface area contributed by atoms with E-state index in [4.69, 9.17) is 10.2 Å². The topological polar surface area (TPSA) is 103 Å². The van der Waals surface area contributed by atoms with Crippen LogP contribution in [0.4, 0.5) is 4.79 Å². The van der Waals surface area contributed by atoms with Crippen LogP contribution < -0.4 is 5.32 Å². The molecule has 8 heteroatoms. The Morgan fingerprint density at radius 3 is 2.63 bits per heavy atom. The number of hydrogen-bond acceptors (Lipinski definition) is 5. The smallest absolute Gasteiger partial charge is 0.347 e. The van der Waals surface area contributed by atoms with Gasteiger partial charge in [0.1, 0.15) is 9.88 Å². The lowest BCUT2D eigenvalue weighted by Crippen LogP contribution is -2.40. The number of aromatic carboxylic acids is 1. The number of urea groups is 1. The second-order valence-electron chi connectivity index (χ2n) is 4.22. The van der Waals surface area contributed by atoms with E-state index in [0.717, 1.165) is 11.3 Å². The van der Waals surface area contributed by atoms with Crippen LogP contribution in [-0.4, -0.2) is 51.8 Å². The number of carbonyl (C=O) groups is 2. The standard InChI is InChI=1S/C11H17N3O4S/c1-6(15)5-14(3)11(18)12-4-8-13-7(2)9(19-8)10(16)17/h6,15H,4-5H2,1-3H3,(H,12,18)(H,16,17). The molecule has 0 spiro atoms. The molecule has 7 nitrogen and oxygen atoms in total. The number of likely N-dealkylation sites (N-methyl/N-ethyl adjacent to an activating group) is 1. The summed E-state index contributed by atoms with van der Waals surface area (Å²) in [5.41, 5.74) is 0.444. The van der Waals surface area contributed by atoms with Gasteiger partial charge >= 0.3 is 12.0 Å². The molecule has 0 aliphatic heterocycles. The van der Waals surface area contributed by atoms with Crippen molar-refractivity contribution in [3.63, 3.8) is 0 Å². The Morgan fingerprint density at radius 1 is 1.53 bits per heavy atom. The summed E-state index contributed by atoms with van der Waals surface area (Å²) in [6.45, 7) is 3.60. The van der Waals surface area contributed by atoms with Crippen molar-refractivity contribution in [2.24, 2.45) is 0 Å². The van der Waals surface area contributed by atoms with Crippen molar-refractivity contribution >= 4 is 23.3 Å². The summed E-state index contributed by atoms with van der Waals surface area (Å²) in [6.07, 6.45) is -0.600. The lowest BCUT2D eigenvalue weighted by Gasteiger charge is -2.18. The number of aliphatic hydroxyl groups excluding tert-OH is 1. The summed E-state index contributed by atoms with van der Waals surface area (Å²) < 4.78 is 0. The van der Waals surface area contributed by atoms with Gasteiger partial charge in [0, 0.05) is 13.6 Å². The van der Waals surface area contributed by atoms with Crippen molar-refractivity contribution < 1.29 is 19.8 Å². The zero-order chi connectivity index (χ0) is 14.6. The van der Waals surface area contributed by atoms with Crippen molar-refractivity contribution in [2.45, 2.75) is 26.5 Å². The van der Waals surface area contributed by atoms with E-state index < -0.39 is 12.1 Å². The molecule has 1 unspecified atom stereocenters. The summed E-state index contributed by atoms with van der Waals surface area (Å²) in [4.78, 5) is 28.1. The lowest BCUT2D eigenvalue weighted by atomic mass is 10.4. The molecule has 0 aliphatic rings. The summed E-state index contributed by atoms with van der Waals surface area (Å²) in [5, 5.41) is 21.2. The maximum atomic E-state index is 11.6. The van der Waals surface area contributed by atoms with Crippen LogP contribution in [0.1, 0.15) is 27.3 Å². The molecule has 1 heterocycles. The molecule has 1 aromatic rings. The first-order chi connectivity index (χ1) is 8.81. The van der Waals surface area contributed by atoms with Gasteiger partial charge in [-0.2, -0.15) is 0 Å². The van der Waals surface area contributed by atoms with Crippen LogP contribution in [-0.2, 0) is 6.54 Å². The molecular weight excluding hydrogens is 270 g/mol. The fraction of sp³-hybridized carbons (Fsp3) is 0.545.